The predicted molar refractivity (Wildman–Crippen MR) is 112 cm³/mol. The summed E-state index contributed by atoms with van der Waals surface area (Å²) in [7, 11) is 3.75. The van der Waals surface area contributed by atoms with Gasteiger partial charge < -0.3 is 19.8 Å². The van der Waals surface area contributed by atoms with Gasteiger partial charge in [-0.3, -0.25) is 9.59 Å². The van der Waals surface area contributed by atoms with E-state index < -0.39 is 5.54 Å². The Morgan fingerprint density at radius 3 is 2.38 bits per heavy atom. The first-order valence-corrected chi connectivity index (χ1v) is 10.5. The Bertz CT molecular complexity index is 807. The molecule has 0 aromatic heterocycles. The zero-order chi connectivity index (χ0) is 20.8. The normalized spacial score (nSPS) is 25.4. The van der Waals surface area contributed by atoms with Crippen LogP contribution in [0.5, 0.6) is 0 Å². The third kappa shape index (κ3) is 3.38. The first-order chi connectivity index (χ1) is 13.9. The van der Waals surface area contributed by atoms with Crippen LogP contribution in [0.1, 0.15) is 36.8 Å². The van der Waals surface area contributed by atoms with Gasteiger partial charge >= 0.3 is 0 Å². The Hall–Kier alpha value is -2.18. The number of amides is 2. The van der Waals surface area contributed by atoms with E-state index in [0.717, 1.165) is 24.0 Å². The standard InChI is InChI=1S/C23H31N3O3/c1-4-5-16-6-8-17(9-7-16)21-19(13-27)26(20(28)12-24(2)3)23(21)14-25(15-23)22(29)18-10-11-18/h4-9,18-19,21,27H,10-15H2,1-3H3/b5-4+/t19-,21+/m1/s1. The molecule has 1 N–H and O–H groups in total. The Balaban J connectivity index is 1.61. The molecule has 1 spiro atoms. The van der Waals surface area contributed by atoms with Crippen LogP contribution in [0, 0.1) is 5.92 Å². The van der Waals surface area contributed by atoms with Crippen molar-refractivity contribution in [3.8, 4) is 0 Å². The third-order valence-corrected chi connectivity index (χ3v) is 6.50. The van der Waals surface area contributed by atoms with Crippen molar-refractivity contribution >= 4 is 17.9 Å². The number of hydrogen-bond acceptors (Lipinski definition) is 4. The summed E-state index contributed by atoms with van der Waals surface area (Å²) in [6.07, 6.45) is 6.03. The summed E-state index contributed by atoms with van der Waals surface area (Å²) >= 11 is 0. The van der Waals surface area contributed by atoms with Gasteiger partial charge in [-0.25, -0.2) is 0 Å². The average Bonchev–Trinajstić information content (AvgIpc) is 3.46. The number of aliphatic hydroxyl groups excluding tert-OH is 1. The molecule has 2 amide bonds. The number of aliphatic hydroxyl groups is 1. The van der Waals surface area contributed by atoms with Crippen molar-refractivity contribution in [1.29, 1.82) is 0 Å². The lowest BCUT2D eigenvalue weighted by atomic mass is 9.60. The van der Waals surface area contributed by atoms with Crippen LogP contribution >= 0.6 is 0 Å². The Morgan fingerprint density at radius 2 is 1.86 bits per heavy atom. The smallest absolute Gasteiger partial charge is 0.237 e. The molecule has 0 bridgehead atoms. The number of hydrogen-bond donors (Lipinski definition) is 1. The second-order valence-electron chi connectivity index (χ2n) is 8.97. The molecular formula is C23H31N3O3. The summed E-state index contributed by atoms with van der Waals surface area (Å²) in [5, 5.41) is 10.1. The van der Waals surface area contributed by atoms with Gasteiger partial charge in [0.25, 0.3) is 0 Å². The van der Waals surface area contributed by atoms with Crippen LogP contribution in [0.3, 0.4) is 0 Å². The molecule has 2 atom stereocenters. The van der Waals surface area contributed by atoms with Gasteiger partial charge in [-0.05, 0) is 45.0 Å². The van der Waals surface area contributed by atoms with Crippen molar-refractivity contribution in [1.82, 2.24) is 14.7 Å². The molecule has 2 aliphatic heterocycles. The van der Waals surface area contributed by atoms with Gasteiger partial charge in [0.15, 0.2) is 0 Å². The van der Waals surface area contributed by atoms with Gasteiger partial charge in [-0.1, -0.05) is 36.4 Å². The summed E-state index contributed by atoms with van der Waals surface area (Å²) in [6.45, 7) is 3.36. The van der Waals surface area contributed by atoms with Crippen molar-refractivity contribution in [2.75, 3.05) is 40.3 Å². The molecule has 2 heterocycles. The number of likely N-dealkylation sites (N-methyl/N-ethyl adjacent to an activating group) is 1. The largest absolute Gasteiger partial charge is 0.394 e. The summed E-state index contributed by atoms with van der Waals surface area (Å²) in [5.41, 5.74) is 1.86. The van der Waals surface area contributed by atoms with E-state index >= 15 is 0 Å². The third-order valence-electron chi connectivity index (χ3n) is 6.50. The van der Waals surface area contributed by atoms with Crippen LogP contribution < -0.4 is 0 Å². The molecule has 1 aromatic carbocycles. The molecule has 2 saturated heterocycles. The van der Waals surface area contributed by atoms with Crippen molar-refractivity contribution in [2.45, 2.75) is 37.3 Å². The van der Waals surface area contributed by atoms with Gasteiger partial charge in [0.05, 0.1) is 24.7 Å². The van der Waals surface area contributed by atoms with E-state index in [1.54, 1.807) is 0 Å². The Labute approximate surface area is 172 Å². The van der Waals surface area contributed by atoms with Crippen LogP contribution in [-0.4, -0.2) is 83.5 Å². The molecule has 156 valence electrons. The fourth-order valence-corrected chi connectivity index (χ4v) is 5.12. The molecule has 6 heteroatoms. The van der Waals surface area contributed by atoms with Crippen LogP contribution in [-0.2, 0) is 9.59 Å². The first kappa shape index (κ1) is 20.1. The lowest BCUT2D eigenvalue weighted by Gasteiger charge is -2.70. The van der Waals surface area contributed by atoms with E-state index in [1.807, 2.05) is 41.8 Å². The predicted octanol–water partition coefficient (Wildman–Crippen LogP) is 1.56. The molecule has 4 rings (SSSR count). The maximum absolute atomic E-state index is 13.0. The molecule has 1 saturated carbocycles. The van der Waals surface area contributed by atoms with E-state index in [-0.39, 0.29) is 36.3 Å². The fourth-order valence-electron chi connectivity index (χ4n) is 5.12. The SMILES string of the molecule is C/C=C/c1ccc([C@H]2[C@@H](CO)N(C(=O)CN(C)C)C23CN(C(=O)C2CC2)C3)cc1. The summed E-state index contributed by atoms with van der Waals surface area (Å²) < 4.78 is 0. The second-order valence-corrected chi connectivity index (χ2v) is 8.97. The highest BCUT2D eigenvalue weighted by Gasteiger charge is 2.68. The number of nitrogens with zero attached hydrogens (tertiary/aromatic N) is 3. The van der Waals surface area contributed by atoms with Crippen LogP contribution in [0.25, 0.3) is 6.08 Å². The van der Waals surface area contributed by atoms with Crippen LogP contribution in [0.15, 0.2) is 30.3 Å². The van der Waals surface area contributed by atoms with Gasteiger partial charge in [0.1, 0.15) is 0 Å². The molecule has 1 aliphatic carbocycles. The quantitative estimate of drug-likeness (QED) is 0.791. The number of benzene rings is 1. The van der Waals surface area contributed by atoms with Crippen molar-refractivity contribution in [3.63, 3.8) is 0 Å². The highest BCUT2D eigenvalue weighted by atomic mass is 16.3. The topological polar surface area (TPSA) is 64.1 Å². The van der Waals surface area contributed by atoms with E-state index in [4.69, 9.17) is 0 Å². The maximum atomic E-state index is 13.0. The molecular weight excluding hydrogens is 366 g/mol. The minimum Gasteiger partial charge on any atom is -0.394 e. The summed E-state index contributed by atoms with van der Waals surface area (Å²) in [5.74, 6) is 0.478. The van der Waals surface area contributed by atoms with Gasteiger partial charge in [-0.2, -0.15) is 0 Å². The highest BCUT2D eigenvalue weighted by Crippen LogP contribution is 2.54. The van der Waals surface area contributed by atoms with Crippen LogP contribution in [0.2, 0.25) is 0 Å². The fraction of sp³-hybridized carbons (Fsp3) is 0.565. The minimum atomic E-state index is -0.396. The molecule has 6 nitrogen and oxygen atoms in total. The second kappa shape index (κ2) is 7.58. The summed E-state index contributed by atoms with van der Waals surface area (Å²) in [4.78, 5) is 31.2. The lowest BCUT2D eigenvalue weighted by Crippen LogP contribution is -2.86. The van der Waals surface area contributed by atoms with E-state index in [2.05, 4.69) is 30.3 Å². The highest BCUT2D eigenvalue weighted by molar-refractivity contribution is 5.85. The van der Waals surface area contributed by atoms with E-state index in [9.17, 15) is 14.7 Å². The number of carbonyl (C=O) groups is 2. The van der Waals surface area contributed by atoms with Crippen LogP contribution in [0.4, 0.5) is 0 Å². The minimum absolute atomic E-state index is 0.0226. The van der Waals surface area contributed by atoms with E-state index in [0.29, 0.717) is 19.6 Å². The number of likely N-dealkylation sites (tertiary alicyclic amines) is 2. The Morgan fingerprint density at radius 1 is 1.21 bits per heavy atom. The van der Waals surface area contributed by atoms with Gasteiger partial charge in [0, 0.05) is 24.9 Å². The monoisotopic (exact) mass is 397 g/mol. The Kier molecular flexibility index (Phi) is 5.25. The van der Waals surface area contributed by atoms with Crippen molar-refractivity contribution in [2.24, 2.45) is 5.92 Å². The molecule has 0 unspecified atom stereocenters. The number of carbonyl (C=O) groups excluding carboxylic acids is 2. The number of allylic oxidation sites excluding steroid dienone is 1. The molecule has 3 aliphatic rings. The lowest BCUT2D eigenvalue weighted by molar-refractivity contribution is -0.203. The molecule has 29 heavy (non-hydrogen) atoms. The van der Waals surface area contributed by atoms with E-state index in [1.165, 1.54) is 0 Å². The first-order valence-electron chi connectivity index (χ1n) is 10.5. The average molecular weight is 398 g/mol. The van der Waals surface area contributed by atoms with Crippen molar-refractivity contribution < 1.29 is 14.7 Å². The zero-order valence-corrected chi connectivity index (χ0v) is 17.5. The zero-order valence-electron chi connectivity index (χ0n) is 17.5. The number of rotatable bonds is 6. The molecule has 1 aromatic rings. The van der Waals surface area contributed by atoms with Crippen molar-refractivity contribution in [3.05, 3.63) is 41.5 Å². The molecule has 3 fully saturated rings. The maximum Gasteiger partial charge on any atom is 0.237 e. The summed E-state index contributed by atoms with van der Waals surface area (Å²) in [6, 6.07) is 8.11. The van der Waals surface area contributed by atoms with Gasteiger partial charge in [0.2, 0.25) is 11.8 Å². The molecule has 0 radical (unpaired) electrons. The van der Waals surface area contributed by atoms with Gasteiger partial charge in [-0.15, -0.1) is 0 Å².